The first-order valence-corrected chi connectivity index (χ1v) is 9.65. The van der Waals surface area contributed by atoms with Crippen LogP contribution in [0.4, 0.5) is 17.2 Å². The average molecular weight is 393 g/mol. The molecule has 1 aliphatic rings. The first kappa shape index (κ1) is 18.3. The largest absolute Gasteiger partial charge is 0.368 e. The third-order valence-corrected chi connectivity index (χ3v) is 5.06. The lowest BCUT2D eigenvalue weighted by atomic mass is 10.2. The van der Waals surface area contributed by atoms with Gasteiger partial charge in [0, 0.05) is 54.3 Å². The number of nitrogens with one attached hydrogen (secondary N) is 1. The Bertz CT molecular complexity index is 938. The summed E-state index contributed by atoms with van der Waals surface area (Å²) in [5, 5.41) is 3.89. The smallest absolute Gasteiger partial charge is 0.254 e. The van der Waals surface area contributed by atoms with Gasteiger partial charge in [0.15, 0.2) is 0 Å². The van der Waals surface area contributed by atoms with Gasteiger partial charge in [-0.1, -0.05) is 29.8 Å². The predicted molar refractivity (Wildman–Crippen MR) is 114 cm³/mol. The standard InChI is InChI=1S/C22H21ClN4O/c23-18-6-8-19(9-7-18)25-21-16-17(10-11-24-21)22(28)27-14-12-26(13-15-27)20-4-2-1-3-5-20/h1-11,16H,12-15H2,(H,24,25). The second kappa shape index (κ2) is 8.31. The molecule has 1 N–H and O–H groups in total. The molecule has 0 radical (unpaired) electrons. The van der Waals surface area contributed by atoms with Crippen molar-refractivity contribution < 1.29 is 4.79 Å². The van der Waals surface area contributed by atoms with Crippen LogP contribution in [0.3, 0.4) is 0 Å². The molecule has 1 fully saturated rings. The van der Waals surface area contributed by atoms with Crippen molar-refractivity contribution in [2.24, 2.45) is 0 Å². The maximum atomic E-state index is 12.9. The summed E-state index contributed by atoms with van der Waals surface area (Å²) in [6.07, 6.45) is 1.66. The molecule has 0 spiro atoms. The fourth-order valence-electron chi connectivity index (χ4n) is 3.30. The topological polar surface area (TPSA) is 48.5 Å². The van der Waals surface area contributed by atoms with Gasteiger partial charge in [0.05, 0.1) is 0 Å². The molecule has 3 aromatic rings. The summed E-state index contributed by atoms with van der Waals surface area (Å²) in [7, 11) is 0. The molecule has 142 valence electrons. The van der Waals surface area contributed by atoms with E-state index in [1.54, 1.807) is 18.3 Å². The third-order valence-electron chi connectivity index (χ3n) is 4.81. The molecular formula is C22H21ClN4O. The van der Waals surface area contributed by atoms with E-state index >= 15 is 0 Å². The van der Waals surface area contributed by atoms with Crippen molar-refractivity contribution in [2.45, 2.75) is 0 Å². The van der Waals surface area contributed by atoms with Crippen molar-refractivity contribution in [1.29, 1.82) is 0 Å². The van der Waals surface area contributed by atoms with E-state index in [0.29, 0.717) is 29.5 Å². The lowest BCUT2D eigenvalue weighted by molar-refractivity contribution is 0.0746. The van der Waals surface area contributed by atoms with Gasteiger partial charge in [-0.3, -0.25) is 4.79 Å². The van der Waals surface area contributed by atoms with Gasteiger partial charge in [0.2, 0.25) is 0 Å². The Hall–Kier alpha value is -3.05. The Morgan fingerprint density at radius 3 is 2.36 bits per heavy atom. The molecule has 1 amide bonds. The van der Waals surface area contributed by atoms with Crippen LogP contribution < -0.4 is 10.2 Å². The van der Waals surface area contributed by atoms with E-state index in [2.05, 4.69) is 27.3 Å². The Balaban J connectivity index is 1.40. The van der Waals surface area contributed by atoms with Crippen LogP contribution in [0.25, 0.3) is 0 Å². The number of benzene rings is 2. The minimum Gasteiger partial charge on any atom is -0.368 e. The summed E-state index contributed by atoms with van der Waals surface area (Å²) in [5.41, 5.74) is 2.71. The van der Waals surface area contributed by atoms with Crippen molar-refractivity contribution >= 4 is 34.7 Å². The van der Waals surface area contributed by atoms with Crippen LogP contribution in [0.5, 0.6) is 0 Å². The summed E-state index contributed by atoms with van der Waals surface area (Å²) in [4.78, 5) is 21.5. The number of carbonyl (C=O) groups is 1. The van der Waals surface area contributed by atoms with Crippen LogP contribution in [-0.2, 0) is 0 Å². The van der Waals surface area contributed by atoms with Gasteiger partial charge in [-0.05, 0) is 48.5 Å². The molecule has 2 aromatic carbocycles. The first-order chi connectivity index (χ1) is 13.7. The normalized spacial score (nSPS) is 14.0. The maximum Gasteiger partial charge on any atom is 0.254 e. The number of amides is 1. The molecule has 5 nitrogen and oxygen atoms in total. The molecule has 0 atom stereocenters. The van der Waals surface area contributed by atoms with Gasteiger partial charge in [0.25, 0.3) is 5.91 Å². The molecular weight excluding hydrogens is 372 g/mol. The Morgan fingerprint density at radius 1 is 0.929 bits per heavy atom. The molecule has 28 heavy (non-hydrogen) atoms. The molecule has 1 aromatic heterocycles. The number of nitrogens with zero attached hydrogens (tertiary/aromatic N) is 3. The van der Waals surface area contributed by atoms with Crippen LogP contribution in [0.1, 0.15) is 10.4 Å². The molecule has 6 heteroatoms. The van der Waals surface area contributed by atoms with Crippen LogP contribution in [-0.4, -0.2) is 42.0 Å². The number of aromatic nitrogens is 1. The van der Waals surface area contributed by atoms with Crippen molar-refractivity contribution in [3.8, 4) is 0 Å². The van der Waals surface area contributed by atoms with Gasteiger partial charge >= 0.3 is 0 Å². The lowest BCUT2D eigenvalue weighted by Gasteiger charge is -2.36. The molecule has 0 aliphatic carbocycles. The number of rotatable bonds is 4. The van der Waals surface area contributed by atoms with Crippen LogP contribution in [0, 0.1) is 0 Å². The van der Waals surface area contributed by atoms with Gasteiger partial charge < -0.3 is 15.1 Å². The van der Waals surface area contributed by atoms with E-state index in [1.165, 1.54) is 5.69 Å². The number of anilines is 3. The second-order valence-corrected chi connectivity index (χ2v) is 7.11. The fourth-order valence-corrected chi connectivity index (χ4v) is 3.43. The van der Waals surface area contributed by atoms with Crippen molar-refractivity contribution in [1.82, 2.24) is 9.88 Å². The molecule has 0 unspecified atom stereocenters. The monoisotopic (exact) mass is 392 g/mol. The van der Waals surface area contributed by atoms with E-state index in [4.69, 9.17) is 11.6 Å². The van der Waals surface area contributed by atoms with Gasteiger partial charge in [-0.25, -0.2) is 4.98 Å². The van der Waals surface area contributed by atoms with Gasteiger partial charge in [-0.2, -0.15) is 0 Å². The summed E-state index contributed by atoms with van der Waals surface area (Å²) in [5.74, 6) is 0.672. The van der Waals surface area contributed by atoms with E-state index in [1.807, 2.05) is 47.4 Å². The number of hydrogen-bond donors (Lipinski definition) is 1. The molecule has 0 bridgehead atoms. The zero-order chi connectivity index (χ0) is 19.3. The van der Waals surface area contributed by atoms with Crippen LogP contribution in [0.15, 0.2) is 72.9 Å². The molecule has 4 rings (SSSR count). The zero-order valence-electron chi connectivity index (χ0n) is 15.4. The van der Waals surface area contributed by atoms with E-state index in [9.17, 15) is 4.79 Å². The van der Waals surface area contributed by atoms with Gasteiger partial charge in [-0.15, -0.1) is 0 Å². The lowest BCUT2D eigenvalue weighted by Crippen LogP contribution is -2.48. The SMILES string of the molecule is O=C(c1ccnc(Nc2ccc(Cl)cc2)c1)N1CCN(c2ccccc2)CC1. The second-order valence-electron chi connectivity index (χ2n) is 6.68. The predicted octanol–water partition coefficient (Wildman–Crippen LogP) is 4.44. The summed E-state index contributed by atoms with van der Waals surface area (Å²) < 4.78 is 0. The number of halogens is 1. The summed E-state index contributed by atoms with van der Waals surface area (Å²) in [6.45, 7) is 3.07. The summed E-state index contributed by atoms with van der Waals surface area (Å²) >= 11 is 5.92. The van der Waals surface area contributed by atoms with Crippen molar-refractivity contribution in [3.63, 3.8) is 0 Å². The maximum absolute atomic E-state index is 12.9. The Labute approximate surface area is 169 Å². The zero-order valence-corrected chi connectivity index (χ0v) is 16.1. The fraction of sp³-hybridized carbons (Fsp3) is 0.182. The highest BCUT2D eigenvalue weighted by atomic mass is 35.5. The number of carbonyl (C=O) groups excluding carboxylic acids is 1. The van der Waals surface area contributed by atoms with Crippen molar-refractivity contribution in [2.75, 3.05) is 36.4 Å². The van der Waals surface area contributed by atoms with E-state index < -0.39 is 0 Å². The highest BCUT2D eigenvalue weighted by Gasteiger charge is 2.22. The minimum absolute atomic E-state index is 0.0364. The Morgan fingerprint density at radius 2 is 1.64 bits per heavy atom. The first-order valence-electron chi connectivity index (χ1n) is 9.27. The third kappa shape index (κ3) is 4.26. The number of para-hydroxylation sites is 1. The average Bonchev–Trinajstić information content (AvgIpc) is 2.76. The van der Waals surface area contributed by atoms with Crippen LogP contribution in [0.2, 0.25) is 5.02 Å². The molecule has 1 aliphatic heterocycles. The Kier molecular flexibility index (Phi) is 5.44. The number of piperazine rings is 1. The van der Waals surface area contributed by atoms with Crippen LogP contribution >= 0.6 is 11.6 Å². The molecule has 1 saturated heterocycles. The highest BCUT2D eigenvalue weighted by molar-refractivity contribution is 6.30. The van der Waals surface area contributed by atoms with Crippen molar-refractivity contribution in [3.05, 3.63) is 83.5 Å². The minimum atomic E-state index is 0.0364. The van der Waals surface area contributed by atoms with Gasteiger partial charge in [0.1, 0.15) is 5.82 Å². The molecule has 0 saturated carbocycles. The summed E-state index contributed by atoms with van der Waals surface area (Å²) in [6, 6.07) is 21.2. The van der Waals surface area contributed by atoms with E-state index in [0.717, 1.165) is 18.8 Å². The number of hydrogen-bond acceptors (Lipinski definition) is 4. The number of pyridine rings is 1. The highest BCUT2D eigenvalue weighted by Crippen LogP contribution is 2.20. The quantitative estimate of drug-likeness (QED) is 0.713. The van der Waals surface area contributed by atoms with E-state index in [-0.39, 0.29) is 5.91 Å². The molecule has 2 heterocycles.